The molecule has 1 aliphatic rings. The molecule has 0 spiro atoms. The Morgan fingerprint density at radius 3 is 2.74 bits per heavy atom. The van der Waals surface area contributed by atoms with Crippen LogP contribution in [0.3, 0.4) is 0 Å². The number of aromatic nitrogens is 2. The van der Waals surface area contributed by atoms with E-state index in [-0.39, 0.29) is 11.9 Å². The van der Waals surface area contributed by atoms with Gasteiger partial charge in [-0.15, -0.1) is 0 Å². The van der Waals surface area contributed by atoms with Crippen molar-refractivity contribution < 1.29 is 17.9 Å². The van der Waals surface area contributed by atoms with Crippen molar-refractivity contribution in [2.24, 2.45) is 17.6 Å². The van der Waals surface area contributed by atoms with Crippen LogP contribution in [0.5, 0.6) is 6.01 Å². The lowest BCUT2D eigenvalue weighted by Crippen LogP contribution is -2.24. The minimum absolute atomic E-state index is 0.225. The largest absolute Gasteiger partial charge is 0.463 e. The highest BCUT2D eigenvalue weighted by Crippen LogP contribution is 2.31. The summed E-state index contributed by atoms with van der Waals surface area (Å²) in [5.74, 6) is 0.661. The molecule has 2 N–H and O–H groups in total. The van der Waals surface area contributed by atoms with Gasteiger partial charge in [-0.3, -0.25) is 0 Å². The fourth-order valence-electron chi connectivity index (χ4n) is 2.39. The van der Waals surface area contributed by atoms with Gasteiger partial charge < -0.3 is 10.5 Å². The van der Waals surface area contributed by atoms with Gasteiger partial charge in [0.25, 0.3) is 0 Å². The van der Waals surface area contributed by atoms with E-state index in [1.54, 1.807) is 0 Å². The first-order chi connectivity index (χ1) is 9.00. The summed E-state index contributed by atoms with van der Waals surface area (Å²) >= 11 is 0. The summed E-state index contributed by atoms with van der Waals surface area (Å²) in [6.45, 7) is 0.903. The minimum atomic E-state index is -4.48. The minimum Gasteiger partial charge on any atom is -0.463 e. The molecule has 1 aliphatic carbocycles. The normalized spacial score (nSPS) is 23.6. The van der Waals surface area contributed by atoms with Crippen LogP contribution in [0.1, 0.15) is 25.0 Å². The van der Waals surface area contributed by atoms with E-state index in [0.717, 1.165) is 31.5 Å². The molecule has 0 aliphatic heterocycles. The molecule has 1 aromatic rings. The maximum Gasteiger partial charge on any atom is 0.433 e. The second-order valence-corrected chi connectivity index (χ2v) is 4.72. The fraction of sp³-hybridized carbons (Fsp3) is 0.667. The van der Waals surface area contributed by atoms with Crippen LogP contribution in [0.4, 0.5) is 13.2 Å². The summed E-state index contributed by atoms with van der Waals surface area (Å²) in [5.41, 5.74) is 4.65. The first-order valence-corrected chi connectivity index (χ1v) is 6.24. The predicted molar refractivity (Wildman–Crippen MR) is 62.4 cm³/mol. The quantitative estimate of drug-likeness (QED) is 0.915. The van der Waals surface area contributed by atoms with Gasteiger partial charge in [0.15, 0.2) is 5.69 Å². The van der Waals surface area contributed by atoms with E-state index < -0.39 is 11.9 Å². The van der Waals surface area contributed by atoms with Crippen molar-refractivity contribution in [3.8, 4) is 6.01 Å². The Morgan fingerprint density at radius 1 is 1.32 bits per heavy atom. The standard InChI is InChI=1S/C12H16F3N3O/c13-12(14,15)10-4-5-17-11(18-10)19-7-9-3-1-2-8(9)6-16/h4-5,8-9H,1-3,6-7,16H2. The molecule has 1 fully saturated rings. The molecule has 0 radical (unpaired) electrons. The summed E-state index contributed by atoms with van der Waals surface area (Å²) in [7, 11) is 0. The van der Waals surface area contributed by atoms with E-state index >= 15 is 0 Å². The zero-order valence-electron chi connectivity index (χ0n) is 10.4. The Morgan fingerprint density at radius 2 is 2.05 bits per heavy atom. The highest BCUT2D eigenvalue weighted by atomic mass is 19.4. The van der Waals surface area contributed by atoms with Crippen LogP contribution in [0, 0.1) is 11.8 Å². The van der Waals surface area contributed by atoms with Gasteiger partial charge in [0.05, 0.1) is 6.61 Å². The third kappa shape index (κ3) is 3.56. The number of hydrogen-bond donors (Lipinski definition) is 1. The molecule has 7 heteroatoms. The van der Waals surface area contributed by atoms with E-state index in [9.17, 15) is 13.2 Å². The highest BCUT2D eigenvalue weighted by Gasteiger charge is 2.33. The first kappa shape index (κ1) is 14.0. The summed E-state index contributed by atoms with van der Waals surface area (Å²) in [6, 6.07) is 0.600. The lowest BCUT2D eigenvalue weighted by atomic mass is 9.97. The Labute approximate surface area is 109 Å². The van der Waals surface area contributed by atoms with Crippen LogP contribution in [0.25, 0.3) is 0 Å². The van der Waals surface area contributed by atoms with Gasteiger partial charge in [0.2, 0.25) is 0 Å². The van der Waals surface area contributed by atoms with Gasteiger partial charge in [0, 0.05) is 6.20 Å². The van der Waals surface area contributed by atoms with E-state index in [2.05, 4.69) is 9.97 Å². The third-order valence-corrected chi connectivity index (χ3v) is 3.47. The van der Waals surface area contributed by atoms with Crippen LogP contribution < -0.4 is 10.5 Å². The lowest BCUT2D eigenvalue weighted by molar-refractivity contribution is -0.141. The first-order valence-electron chi connectivity index (χ1n) is 6.24. The molecule has 19 heavy (non-hydrogen) atoms. The topological polar surface area (TPSA) is 61.0 Å². The molecular weight excluding hydrogens is 259 g/mol. The smallest absolute Gasteiger partial charge is 0.433 e. The highest BCUT2D eigenvalue weighted by molar-refractivity contribution is 5.08. The molecule has 1 heterocycles. The van der Waals surface area contributed by atoms with Crippen molar-refractivity contribution in [3.63, 3.8) is 0 Å². The average molecular weight is 275 g/mol. The van der Waals surface area contributed by atoms with Crippen molar-refractivity contribution >= 4 is 0 Å². The number of nitrogens with zero attached hydrogens (tertiary/aromatic N) is 2. The summed E-state index contributed by atoms with van der Waals surface area (Å²) in [6.07, 6.45) is -0.303. The van der Waals surface area contributed by atoms with Gasteiger partial charge in [0.1, 0.15) is 0 Å². The van der Waals surface area contributed by atoms with E-state index in [1.807, 2.05) is 0 Å². The molecule has 2 unspecified atom stereocenters. The Balaban J connectivity index is 1.96. The molecule has 1 aromatic heterocycles. The molecule has 1 saturated carbocycles. The molecule has 0 amide bonds. The van der Waals surface area contributed by atoms with Crippen LogP contribution in [0.2, 0.25) is 0 Å². The molecule has 4 nitrogen and oxygen atoms in total. The zero-order valence-corrected chi connectivity index (χ0v) is 10.4. The number of rotatable bonds is 4. The Hall–Kier alpha value is -1.37. The van der Waals surface area contributed by atoms with Crippen LogP contribution in [0.15, 0.2) is 12.3 Å². The van der Waals surface area contributed by atoms with Crippen molar-refractivity contribution in [1.29, 1.82) is 0 Å². The van der Waals surface area contributed by atoms with Crippen molar-refractivity contribution in [1.82, 2.24) is 9.97 Å². The molecule has 2 atom stereocenters. The third-order valence-electron chi connectivity index (χ3n) is 3.47. The van der Waals surface area contributed by atoms with Gasteiger partial charge in [-0.25, -0.2) is 4.98 Å². The SMILES string of the molecule is NCC1CCCC1COc1nccc(C(F)(F)F)n1. The number of ether oxygens (including phenoxy) is 1. The molecule has 0 bridgehead atoms. The maximum absolute atomic E-state index is 12.5. The summed E-state index contributed by atoms with van der Waals surface area (Å²) in [4.78, 5) is 7.07. The maximum atomic E-state index is 12.5. The molecule has 0 aromatic carbocycles. The molecule has 106 valence electrons. The number of nitrogens with two attached hydrogens (primary N) is 1. The number of alkyl halides is 3. The van der Waals surface area contributed by atoms with Crippen LogP contribution in [-0.2, 0) is 6.18 Å². The molecule has 2 rings (SSSR count). The average Bonchev–Trinajstić information content (AvgIpc) is 2.83. The summed E-state index contributed by atoms with van der Waals surface area (Å²) < 4.78 is 42.7. The van der Waals surface area contributed by atoms with Gasteiger partial charge in [-0.1, -0.05) is 6.42 Å². The Bertz CT molecular complexity index is 425. The van der Waals surface area contributed by atoms with E-state index in [0.29, 0.717) is 19.1 Å². The number of halogens is 3. The molecular formula is C12H16F3N3O. The second-order valence-electron chi connectivity index (χ2n) is 4.72. The van der Waals surface area contributed by atoms with Crippen LogP contribution >= 0.6 is 0 Å². The predicted octanol–water partition coefficient (Wildman–Crippen LogP) is 2.25. The summed E-state index contributed by atoms with van der Waals surface area (Å²) in [5, 5.41) is 0. The van der Waals surface area contributed by atoms with Gasteiger partial charge in [-0.2, -0.15) is 18.2 Å². The lowest BCUT2D eigenvalue weighted by Gasteiger charge is -2.17. The zero-order chi connectivity index (χ0) is 13.9. The van der Waals surface area contributed by atoms with Crippen molar-refractivity contribution in [2.75, 3.05) is 13.2 Å². The van der Waals surface area contributed by atoms with Crippen molar-refractivity contribution in [2.45, 2.75) is 25.4 Å². The monoisotopic (exact) mass is 275 g/mol. The molecule has 0 saturated heterocycles. The van der Waals surface area contributed by atoms with E-state index in [4.69, 9.17) is 10.5 Å². The van der Waals surface area contributed by atoms with Gasteiger partial charge in [-0.05, 0) is 37.3 Å². The van der Waals surface area contributed by atoms with Crippen molar-refractivity contribution in [3.05, 3.63) is 18.0 Å². The fourth-order valence-corrected chi connectivity index (χ4v) is 2.39. The van der Waals surface area contributed by atoms with E-state index in [1.165, 1.54) is 0 Å². The van der Waals surface area contributed by atoms with Crippen LogP contribution in [-0.4, -0.2) is 23.1 Å². The number of hydrogen-bond acceptors (Lipinski definition) is 4. The second kappa shape index (κ2) is 5.73. The van der Waals surface area contributed by atoms with Gasteiger partial charge >= 0.3 is 12.2 Å². The Kier molecular flexibility index (Phi) is 4.24.